The van der Waals surface area contributed by atoms with Gasteiger partial charge in [0.25, 0.3) is 0 Å². The van der Waals surface area contributed by atoms with Gasteiger partial charge in [0.15, 0.2) is 5.96 Å². The van der Waals surface area contributed by atoms with Crippen molar-refractivity contribution in [2.24, 2.45) is 4.99 Å². The maximum absolute atomic E-state index is 5.72. The first-order chi connectivity index (χ1) is 9.78. The van der Waals surface area contributed by atoms with Crippen LogP contribution >= 0.6 is 11.8 Å². The number of methoxy groups -OCH3 is 1. The lowest BCUT2D eigenvalue weighted by molar-refractivity contribution is -0.0855. The molecule has 5 nitrogen and oxygen atoms in total. The molecule has 2 saturated heterocycles. The summed E-state index contributed by atoms with van der Waals surface area (Å²) in [6.07, 6.45) is 4.53. The Kier molecular flexibility index (Phi) is 6.45. The lowest BCUT2D eigenvalue weighted by Gasteiger charge is -2.36. The molecule has 2 fully saturated rings. The first-order valence-electron chi connectivity index (χ1n) is 7.47. The van der Waals surface area contributed by atoms with E-state index in [2.05, 4.69) is 27.4 Å². The third-order valence-electron chi connectivity index (χ3n) is 4.16. The molecule has 0 spiro atoms. The van der Waals surface area contributed by atoms with Gasteiger partial charge in [-0.05, 0) is 18.6 Å². The third kappa shape index (κ3) is 4.53. The molecule has 0 amide bonds. The average molecular weight is 301 g/mol. The SMILES string of the molecule is CN=C(NCC1CCCS1)NCC1(OC)CCOCC1. The van der Waals surface area contributed by atoms with Crippen LogP contribution in [-0.4, -0.2) is 63.0 Å². The molecule has 0 bridgehead atoms. The van der Waals surface area contributed by atoms with E-state index >= 15 is 0 Å². The van der Waals surface area contributed by atoms with Gasteiger partial charge < -0.3 is 20.1 Å². The van der Waals surface area contributed by atoms with Crippen molar-refractivity contribution in [2.75, 3.05) is 46.2 Å². The molecule has 0 aliphatic carbocycles. The van der Waals surface area contributed by atoms with Crippen LogP contribution in [0.25, 0.3) is 0 Å². The van der Waals surface area contributed by atoms with Crippen molar-refractivity contribution < 1.29 is 9.47 Å². The van der Waals surface area contributed by atoms with Crippen LogP contribution in [0.15, 0.2) is 4.99 Å². The van der Waals surface area contributed by atoms with Crippen LogP contribution in [0.3, 0.4) is 0 Å². The monoisotopic (exact) mass is 301 g/mol. The van der Waals surface area contributed by atoms with E-state index < -0.39 is 0 Å². The Morgan fingerprint density at radius 3 is 2.80 bits per heavy atom. The first-order valence-corrected chi connectivity index (χ1v) is 8.52. The highest BCUT2D eigenvalue weighted by Crippen LogP contribution is 2.25. The second-order valence-electron chi connectivity index (χ2n) is 5.44. The molecular weight excluding hydrogens is 274 g/mol. The maximum Gasteiger partial charge on any atom is 0.191 e. The van der Waals surface area contributed by atoms with E-state index in [1.54, 1.807) is 7.11 Å². The fourth-order valence-corrected chi connectivity index (χ4v) is 3.88. The smallest absolute Gasteiger partial charge is 0.191 e. The molecule has 0 aromatic heterocycles. The van der Waals surface area contributed by atoms with Gasteiger partial charge in [-0.3, -0.25) is 4.99 Å². The molecule has 0 radical (unpaired) electrons. The second-order valence-corrected chi connectivity index (χ2v) is 6.85. The zero-order chi connectivity index (χ0) is 14.3. The summed E-state index contributed by atoms with van der Waals surface area (Å²) in [5.41, 5.74) is -0.113. The molecule has 116 valence electrons. The minimum Gasteiger partial charge on any atom is -0.381 e. The minimum absolute atomic E-state index is 0.113. The Morgan fingerprint density at radius 2 is 2.20 bits per heavy atom. The lowest BCUT2D eigenvalue weighted by Crippen LogP contribution is -2.51. The van der Waals surface area contributed by atoms with E-state index in [-0.39, 0.29) is 5.60 Å². The molecule has 1 unspecified atom stereocenters. The molecule has 2 N–H and O–H groups in total. The summed E-state index contributed by atoms with van der Waals surface area (Å²) in [6.45, 7) is 3.33. The summed E-state index contributed by atoms with van der Waals surface area (Å²) in [5.74, 6) is 2.17. The molecule has 0 aromatic rings. The highest BCUT2D eigenvalue weighted by molar-refractivity contribution is 8.00. The summed E-state index contributed by atoms with van der Waals surface area (Å²) in [7, 11) is 3.61. The van der Waals surface area contributed by atoms with E-state index in [1.807, 2.05) is 7.05 Å². The van der Waals surface area contributed by atoms with Crippen molar-refractivity contribution in [1.29, 1.82) is 0 Å². The highest BCUT2D eigenvalue weighted by Gasteiger charge is 2.32. The van der Waals surface area contributed by atoms with Gasteiger partial charge in [0.1, 0.15) is 0 Å². The zero-order valence-electron chi connectivity index (χ0n) is 12.6. The number of hydrogen-bond donors (Lipinski definition) is 2. The van der Waals surface area contributed by atoms with Crippen LogP contribution in [0, 0.1) is 0 Å². The normalized spacial score (nSPS) is 26.5. The first kappa shape index (κ1) is 15.9. The van der Waals surface area contributed by atoms with Crippen LogP contribution in [-0.2, 0) is 9.47 Å². The largest absolute Gasteiger partial charge is 0.381 e. The Balaban J connectivity index is 1.74. The Labute approximate surface area is 126 Å². The topological polar surface area (TPSA) is 54.9 Å². The summed E-state index contributed by atoms with van der Waals surface area (Å²) in [6, 6.07) is 0. The molecule has 1 atom stereocenters. The van der Waals surface area contributed by atoms with Crippen molar-refractivity contribution in [1.82, 2.24) is 10.6 Å². The number of guanidine groups is 1. The van der Waals surface area contributed by atoms with Gasteiger partial charge in [-0.1, -0.05) is 0 Å². The van der Waals surface area contributed by atoms with Crippen molar-refractivity contribution >= 4 is 17.7 Å². The van der Waals surface area contributed by atoms with Gasteiger partial charge in [0.2, 0.25) is 0 Å². The molecule has 0 saturated carbocycles. The third-order valence-corrected chi connectivity index (χ3v) is 5.56. The predicted octanol–water partition coefficient (Wildman–Crippen LogP) is 1.24. The lowest BCUT2D eigenvalue weighted by atomic mass is 9.94. The molecule has 6 heteroatoms. The quantitative estimate of drug-likeness (QED) is 0.591. The Morgan fingerprint density at radius 1 is 1.40 bits per heavy atom. The summed E-state index contributed by atoms with van der Waals surface area (Å²) < 4.78 is 11.1. The van der Waals surface area contributed by atoms with Crippen LogP contribution in [0.5, 0.6) is 0 Å². The van der Waals surface area contributed by atoms with Crippen molar-refractivity contribution in [2.45, 2.75) is 36.5 Å². The van der Waals surface area contributed by atoms with Crippen molar-refractivity contribution in [3.8, 4) is 0 Å². The van der Waals surface area contributed by atoms with Crippen molar-refractivity contribution in [3.63, 3.8) is 0 Å². The van der Waals surface area contributed by atoms with Gasteiger partial charge in [0, 0.05) is 58.6 Å². The molecule has 2 aliphatic rings. The molecule has 2 heterocycles. The summed E-state index contributed by atoms with van der Waals surface area (Å²) in [4.78, 5) is 4.30. The van der Waals surface area contributed by atoms with E-state index in [0.717, 1.165) is 50.4 Å². The second kappa shape index (κ2) is 8.10. The number of ether oxygens (including phenoxy) is 2. The average Bonchev–Trinajstić information content (AvgIpc) is 3.02. The molecular formula is C14H27N3O2S. The number of nitrogens with one attached hydrogen (secondary N) is 2. The molecule has 20 heavy (non-hydrogen) atoms. The van der Waals surface area contributed by atoms with Gasteiger partial charge in [-0.15, -0.1) is 0 Å². The number of hydrogen-bond acceptors (Lipinski definition) is 4. The molecule has 2 rings (SSSR count). The number of thioether (sulfide) groups is 1. The van der Waals surface area contributed by atoms with Gasteiger partial charge >= 0.3 is 0 Å². The standard InChI is InChI=1S/C14H27N3O2S/c1-15-13(16-10-12-4-3-9-20-12)17-11-14(18-2)5-7-19-8-6-14/h12H,3-11H2,1-2H3,(H2,15,16,17). The van der Waals surface area contributed by atoms with Crippen LogP contribution in [0.4, 0.5) is 0 Å². The number of nitrogens with zero attached hydrogens (tertiary/aromatic N) is 1. The van der Waals surface area contributed by atoms with E-state index in [0.29, 0.717) is 0 Å². The highest BCUT2D eigenvalue weighted by atomic mass is 32.2. The maximum atomic E-state index is 5.72. The molecule has 0 aromatic carbocycles. The van der Waals surface area contributed by atoms with Crippen LogP contribution in [0.1, 0.15) is 25.7 Å². The predicted molar refractivity (Wildman–Crippen MR) is 84.6 cm³/mol. The Hall–Kier alpha value is -0.460. The Bertz CT molecular complexity index is 314. The number of rotatable bonds is 5. The van der Waals surface area contributed by atoms with Crippen LogP contribution < -0.4 is 10.6 Å². The number of aliphatic imine (C=N–C) groups is 1. The van der Waals surface area contributed by atoms with Gasteiger partial charge in [0.05, 0.1) is 5.60 Å². The van der Waals surface area contributed by atoms with Crippen LogP contribution in [0.2, 0.25) is 0 Å². The fraction of sp³-hybridized carbons (Fsp3) is 0.929. The summed E-state index contributed by atoms with van der Waals surface area (Å²) in [5, 5.41) is 7.56. The van der Waals surface area contributed by atoms with E-state index in [9.17, 15) is 0 Å². The minimum atomic E-state index is -0.113. The van der Waals surface area contributed by atoms with Gasteiger partial charge in [-0.25, -0.2) is 0 Å². The molecule has 2 aliphatic heterocycles. The van der Waals surface area contributed by atoms with Crippen molar-refractivity contribution in [3.05, 3.63) is 0 Å². The van der Waals surface area contributed by atoms with E-state index in [4.69, 9.17) is 9.47 Å². The van der Waals surface area contributed by atoms with Gasteiger partial charge in [-0.2, -0.15) is 11.8 Å². The fourth-order valence-electron chi connectivity index (χ4n) is 2.68. The summed E-state index contributed by atoms with van der Waals surface area (Å²) >= 11 is 2.06. The zero-order valence-corrected chi connectivity index (χ0v) is 13.4. The van der Waals surface area contributed by atoms with E-state index in [1.165, 1.54) is 18.6 Å².